The van der Waals surface area contributed by atoms with Crippen molar-refractivity contribution in [3.05, 3.63) is 60.0 Å². The third-order valence-corrected chi connectivity index (χ3v) is 1.86. The molecule has 79 valence electrons. The third kappa shape index (κ3) is 2.42. The van der Waals surface area contributed by atoms with Crippen LogP contribution in [-0.4, -0.2) is 11.0 Å². The van der Waals surface area contributed by atoms with Crippen LogP contribution in [-0.2, 0) is 0 Å². The zero-order valence-corrected chi connectivity index (χ0v) is 8.18. The molecule has 0 bridgehead atoms. The minimum Gasteiger partial charge on any atom is -0.404 e. The normalized spacial score (nSPS) is 9.81. The summed E-state index contributed by atoms with van der Waals surface area (Å²) in [6, 6.07) is 10.9. The van der Waals surface area contributed by atoms with Gasteiger partial charge in [-0.1, -0.05) is 0 Å². The van der Waals surface area contributed by atoms with Gasteiger partial charge in [-0.05, 0) is 36.4 Å². The van der Waals surface area contributed by atoms with Gasteiger partial charge in [0.25, 0.3) is 0 Å². The van der Waals surface area contributed by atoms with Crippen LogP contribution >= 0.6 is 0 Å². The highest BCUT2D eigenvalue weighted by molar-refractivity contribution is 5.90. The van der Waals surface area contributed by atoms with Gasteiger partial charge in [0.2, 0.25) is 5.88 Å². The number of nitrogens with zero attached hydrogens (tertiary/aromatic N) is 1. The Bertz CT molecular complexity index is 482. The molecule has 1 aromatic heterocycles. The molecular formula is C12H7FNO2. The smallest absolute Gasteiger partial charge is 0.344 e. The van der Waals surface area contributed by atoms with Gasteiger partial charge in [0.15, 0.2) is 0 Å². The monoisotopic (exact) mass is 216 g/mol. The zero-order chi connectivity index (χ0) is 11.4. The Kier molecular flexibility index (Phi) is 2.91. The number of esters is 1. The first-order valence-corrected chi connectivity index (χ1v) is 4.55. The molecule has 4 heteroatoms. The summed E-state index contributed by atoms with van der Waals surface area (Å²) in [5.74, 6) is -0.813. The Morgan fingerprint density at radius 1 is 1.31 bits per heavy atom. The van der Waals surface area contributed by atoms with Crippen LogP contribution in [0.2, 0.25) is 0 Å². The van der Waals surface area contributed by atoms with Crippen LogP contribution in [0.15, 0.2) is 42.6 Å². The Hall–Kier alpha value is -2.23. The van der Waals surface area contributed by atoms with E-state index in [0.29, 0.717) is 0 Å². The molecule has 0 fully saturated rings. The maximum Gasteiger partial charge on any atom is 0.344 e. The third-order valence-electron chi connectivity index (χ3n) is 1.86. The molecule has 0 atom stereocenters. The molecule has 16 heavy (non-hydrogen) atoms. The number of pyridine rings is 1. The maximum absolute atomic E-state index is 12.6. The molecule has 0 spiro atoms. The van der Waals surface area contributed by atoms with Crippen LogP contribution in [0, 0.1) is 11.9 Å². The van der Waals surface area contributed by atoms with Crippen molar-refractivity contribution in [1.82, 2.24) is 4.98 Å². The van der Waals surface area contributed by atoms with E-state index in [9.17, 15) is 9.18 Å². The Labute approximate surface area is 91.5 Å². The van der Waals surface area contributed by atoms with Crippen molar-refractivity contribution in [2.75, 3.05) is 0 Å². The summed E-state index contributed by atoms with van der Waals surface area (Å²) in [6.07, 6.45) is 1.47. The van der Waals surface area contributed by atoms with Crippen molar-refractivity contribution in [2.24, 2.45) is 0 Å². The fraction of sp³-hybridized carbons (Fsp3) is 0. The fourth-order valence-corrected chi connectivity index (χ4v) is 1.11. The molecule has 0 aliphatic carbocycles. The first kappa shape index (κ1) is 10.3. The highest BCUT2D eigenvalue weighted by Crippen LogP contribution is 2.08. The van der Waals surface area contributed by atoms with E-state index in [1.54, 1.807) is 6.07 Å². The second-order valence-electron chi connectivity index (χ2n) is 2.99. The predicted octanol–water partition coefficient (Wildman–Crippen LogP) is 2.24. The van der Waals surface area contributed by atoms with Gasteiger partial charge < -0.3 is 4.74 Å². The molecule has 0 amide bonds. The number of hydrogen-bond acceptors (Lipinski definition) is 3. The van der Waals surface area contributed by atoms with Gasteiger partial charge in [-0.2, -0.15) is 0 Å². The summed E-state index contributed by atoms with van der Waals surface area (Å²) in [5.41, 5.74) is 0.270. The minimum atomic E-state index is -0.577. The zero-order valence-electron chi connectivity index (χ0n) is 8.18. The van der Waals surface area contributed by atoms with E-state index in [-0.39, 0.29) is 11.4 Å². The van der Waals surface area contributed by atoms with Gasteiger partial charge in [0.1, 0.15) is 5.82 Å². The molecule has 0 N–H and O–H groups in total. The van der Waals surface area contributed by atoms with Crippen LogP contribution in [0.3, 0.4) is 0 Å². The van der Waals surface area contributed by atoms with Gasteiger partial charge in [-0.25, -0.2) is 14.2 Å². The van der Waals surface area contributed by atoms with E-state index >= 15 is 0 Å². The summed E-state index contributed by atoms with van der Waals surface area (Å²) < 4.78 is 17.5. The van der Waals surface area contributed by atoms with Crippen molar-refractivity contribution in [3.8, 4) is 5.88 Å². The van der Waals surface area contributed by atoms with Gasteiger partial charge in [0, 0.05) is 12.3 Å². The lowest BCUT2D eigenvalue weighted by Gasteiger charge is -2.02. The van der Waals surface area contributed by atoms with E-state index in [4.69, 9.17) is 4.74 Å². The largest absolute Gasteiger partial charge is 0.404 e. The van der Waals surface area contributed by atoms with Gasteiger partial charge in [-0.3, -0.25) is 0 Å². The lowest BCUT2D eigenvalue weighted by molar-refractivity contribution is 0.0727. The number of aromatic nitrogens is 1. The summed E-state index contributed by atoms with van der Waals surface area (Å²) in [4.78, 5) is 15.3. The van der Waals surface area contributed by atoms with E-state index in [0.717, 1.165) is 0 Å². The van der Waals surface area contributed by atoms with Crippen LogP contribution in [0.1, 0.15) is 10.4 Å². The van der Waals surface area contributed by atoms with Crippen molar-refractivity contribution in [2.45, 2.75) is 0 Å². The number of benzene rings is 1. The SMILES string of the molecule is O=C(Oc1c[c]ccn1)c1ccc(F)cc1. The first-order chi connectivity index (χ1) is 7.75. The van der Waals surface area contributed by atoms with Crippen molar-refractivity contribution in [1.29, 1.82) is 0 Å². The Morgan fingerprint density at radius 2 is 2.06 bits per heavy atom. The second kappa shape index (κ2) is 4.53. The van der Waals surface area contributed by atoms with E-state index in [2.05, 4.69) is 11.1 Å². The average molecular weight is 216 g/mol. The van der Waals surface area contributed by atoms with E-state index < -0.39 is 11.8 Å². The molecule has 0 unspecified atom stereocenters. The Balaban J connectivity index is 2.12. The quantitative estimate of drug-likeness (QED) is 0.722. The molecule has 1 aromatic carbocycles. The molecule has 1 heterocycles. The Morgan fingerprint density at radius 3 is 2.69 bits per heavy atom. The number of carbonyl (C=O) groups is 1. The maximum atomic E-state index is 12.6. The standard InChI is InChI=1S/C12H7FNO2/c13-10-6-4-9(5-7-10)12(15)16-11-3-1-2-8-14-11/h2-8H. The van der Waals surface area contributed by atoms with Gasteiger partial charge in [-0.15, -0.1) is 0 Å². The van der Waals surface area contributed by atoms with E-state index in [1.165, 1.54) is 36.5 Å². The minimum absolute atomic E-state index is 0.164. The predicted molar refractivity (Wildman–Crippen MR) is 54.4 cm³/mol. The highest BCUT2D eigenvalue weighted by atomic mass is 19.1. The number of ether oxygens (including phenoxy) is 1. The molecule has 0 aliphatic rings. The van der Waals surface area contributed by atoms with Crippen molar-refractivity contribution >= 4 is 5.97 Å². The summed E-state index contributed by atoms with van der Waals surface area (Å²) in [7, 11) is 0. The lowest BCUT2D eigenvalue weighted by Crippen LogP contribution is -2.09. The summed E-state index contributed by atoms with van der Waals surface area (Å²) in [6.45, 7) is 0. The van der Waals surface area contributed by atoms with Crippen molar-refractivity contribution in [3.63, 3.8) is 0 Å². The van der Waals surface area contributed by atoms with E-state index in [1.807, 2.05) is 0 Å². The first-order valence-electron chi connectivity index (χ1n) is 4.55. The summed E-state index contributed by atoms with van der Waals surface area (Å²) >= 11 is 0. The van der Waals surface area contributed by atoms with Crippen molar-refractivity contribution < 1.29 is 13.9 Å². The van der Waals surface area contributed by atoms with Gasteiger partial charge in [0.05, 0.1) is 5.56 Å². The molecular weight excluding hydrogens is 209 g/mol. The molecule has 0 saturated carbocycles. The molecule has 0 saturated heterocycles. The topological polar surface area (TPSA) is 39.2 Å². The molecule has 3 nitrogen and oxygen atoms in total. The lowest BCUT2D eigenvalue weighted by atomic mass is 10.2. The number of halogens is 1. The molecule has 2 rings (SSSR count). The van der Waals surface area contributed by atoms with Crippen LogP contribution in [0.25, 0.3) is 0 Å². The second-order valence-corrected chi connectivity index (χ2v) is 2.99. The average Bonchev–Trinajstić information content (AvgIpc) is 2.31. The molecule has 0 aliphatic heterocycles. The van der Waals surface area contributed by atoms with Crippen LogP contribution in [0.4, 0.5) is 4.39 Å². The fourth-order valence-electron chi connectivity index (χ4n) is 1.11. The number of hydrogen-bond donors (Lipinski definition) is 0. The molecule has 2 aromatic rings. The van der Waals surface area contributed by atoms with Crippen LogP contribution < -0.4 is 4.74 Å². The summed E-state index contributed by atoms with van der Waals surface area (Å²) in [5, 5.41) is 0. The number of carbonyl (C=O) groups excluding carboxylic acids is 1. The van der Waals surface area contributed by atoms with Crippen LogP contribution in [0.5, 0.6) is 5.88 Å². The number of rotatable bonds is 2. The highest BCUT2D eigenvalue weighted by Gasteiger charge is 2.08. The van der Waals surface area contributed by atoms with Gasteiger partial charge >= 0.3 is 5.97 Å². The molecule has 1 radical (unpaired) electrons.